The highest BCUT2D eigenvalue weighted by Gasteiger charge is 2.72. The van der Waals surface area contributed by atoms with Crippen molar-refractivity contribution in [2.45, 2.75) is 101 Å². The fourth-order valence-electron chi connectivity index (χ4n) is 6.75. The number of rotatable bonds is 6. The van der Waals surface area contributed by atoms with Crippen LogP contribution in [0.2, 0.25) is 0 Å². The number of ether oxygens (including phenoxy) is 1. The minimum atomic E-state index is -1.03. The molecule has 0 unspecified atom stereocenters. The first kappa shape index (κ1) is 21.9. The van der Waals surface area contributed by atoms with Crippen molar-refractivity contribution in [1.82, 2.24) is 15.5 Å². The van der Waals surface area contributed by atoms with Crippen LogP contribution >= 0.6 is 0 Å². The summed E-state index contributed by atoms with van der Waals surface area (Å²) in [6, 6.07) is -0.362. The molecule has 2 aliphatic carbocycles. The summed E-state index contributed by atoms with van der Waals surface area (Å²) in [5.41, 5.74) is -1.03. The highest BCUT2D eigenvalue weighted by molar-refractivity contribution is 6.00. The zero-order valence-corrected chi connectivity index (χ0v) is 19.3. The minimum Gasteiger partial charge on any atom is -0.359 e. The van der Waals surface area contributed by atoms with E-state index < -0.39 is 29.6 Å². The third kappa shape index (κ3) is 3.57. The Hall–Kier alpha value is -1.89. The van der Waals surface area contributed by atoms with Gasteiger partial charge in [-0.1, -0.05) is 58.1 Å². The maximum Gasteiger partial charge on any atom is 0.246 e. The monoisotopic (exact) mass is 443 g/mol. The Bertz CT molecular complexity index is 799. The maximum absolute atomic E-state index is 13.7. The van der Waals surface area contributed by atoms with E-state index in [4.69, 9.17) is 4.74 Å². The molecule has 0 radical (unpaired) electrons. The standard InChI is InChI=1S/C25H37N3O4/c1-15(2)14-28-21(23(30)27-17-10-6-7-11-17)25-13-12-18(32-25)19(20(25)24(28)31)22(29)26-16-8-4-3-5-9-16/h12-13,15-21H,3-11,14H2,1-2H3,(H,26,29)(H,27,30)/t18-,19-,20+,21+,25+/m1/s1. The summed E-state index contributed by atoms with van der Waals surface area (Å²) in [5, 5.41) is 6.41. The quantitative estimate of drug-likeness (QED) is 0.617. The molecule has 7 heteroatoms. The molecule has 2 saturated heterocycles. The van der Waals surface area contributed by atoms with E-state index in [1.54, 1.807) is 4.90 Å². The van der Waals surface area contributed by atoms with Gasteiger partial charge in [0, 0.05) is 18.6 Å². The third-order valence-corrected chi connectivity index (χ3v) is 8.14. The number of nitrogens with zero attached hydrogens (tertiary/aromatic N) is 1. The zero-order valence-electron chi connectivity index (χ0n) is 19.3. The molecule has 4 fully saturated rings. The van der Waals surface area contributed by atoms with Crippen LogP contribution in [0.3, 0.4) is 0 Å². The van der Waals surface area contributed by atoms with Crippen LogP contribution in [0.5, 0.6) is 0 Å². The number of amides is 3. The van der Waals surface area contributed by atoms with E-state index in [-0.39, 0.29) is 35.7 Å². The number of hydrogen-bond acceptors (Lipinski definition) is 4. The molecule has 3 aliphatic heterocycles. The molecule has 5 atom stereocenters. The molecule has 3 heterocycles. The number of carbonyl (C=O) groups excluding carboxylic acids is 3. The van der Waals surface area contributed by atoms with Crippen molar-refractivity contribution in [2.24, 2.45) is 17.8 Å². The molecule has 2 N–H and O–H groups in total. The van der Waals surface area contributed by atoms with Crippen LogP contribution in [0, 0.1) is 17.8 Å². The summed E-state index contributed by atoms with van der Waals surface area (Å²) in [7, 11) is 0. The van der Waals surface area contributed by atoms with Crippen LogP contribution in [0.4, 0.5) is 0 Å². The minimum absolute atomic E-state index is 0.0900. The highest BCUT2D eigenvalue weighted by Crippen LogP contribution is 2.55. The molecule has 5 aliphatic rings. The lowest BCUT2D eigenvalue weighted by Gasteiger charge is -2.33. The largest absolute Gasteiger partial charge is 0.359 e. The average molecular weight is 444 g/mol. The first-order chi connectivity index (χ1) is 15.4. The molecular weight excluding hydrogens is 406 g/mol. The number of nitrogens with one attached hydrogen (secondary N) is 2. The van der Waals surface area contributed by atoms with Gasteiger partial charge in [0.1, 0.15) is 11.6 Å². The van der Waals surface area contributed by atoms with Crippen LogP contribution in [0.25, 0.3) is 0 Å². The number of likely N-dealkylation sites (tertiary alicyclic amines) is 1. The SMILES string of the molecule is CC(C)CN1C(=O)[C@@H]2[C@H](C(=O)NC3CCCCC3)[C@H]3C=C[C@@]2(O3)[C@@H]1C(=O)NC1CCCC1. The number of fused-ring (bicyclic) bond motifs is 1. The van der Waals surface area contributed by atoms with Crippen molar-refractivity contribution in [1.29, 1.82) is 0 Å². The second-order valence-corrected chi connectivity index (χ2v) is 10.9. The van der Waals surface area contributed by atoms with Gasteiger partial charge in [-0.25, -0.2) is 0 Å². The molecule has 2 saturated carbocycles. The average Bonchev–Trinajstić information content (AvgIpc) is 3.51. The van der Waals surface area contributed by atoms with E-state index in [9.17, 15) is 14.4 Å². The van der Waals surface area contributed by atoms with Gasteiger partial charge in [-0.3, -0.25) is 14.4 Å². The Balaban J connectivity index is 1.41. The summed E-state index contributed by atoms with van der Waals surface area (Å²) >= 11 is 0. The second kappa shape index (κ2) is 8.47. The highest BCUT2D eigenvalue weighted by atomic mass is 16.5. The number of hydrogen-bond donors (Lipinski definition) is 2. The molecule has 2 bridgehead atoms. The first-order valence-corrected chi connectivity index (χ1v) is 12.7. The third-order valence-electron chi connectivity index (χ3n) is 8.14. The van der Waals surface area contributed by atoms with E-state index in [0.29, 0.717) is 6.54 Å². The van der Waals surface area contributed by atoms with Crippen molar-refractivity contribution in [3.63, 3.8) is 0 Å². The van der Waals surface area contributed by atoms with Gasteiger partial charge >= 0.3 is 0 Å². The van der Waals surface area contributed by atoms with Gasteiger partial charge in [-0.05, 0) is 31.6 Å². The summed E-state index contributed by atoms with van der Waals surface area (Å²) in [5.74, 6) is -1.31. The van der Waals surface area contributed by atoms with Gasteiger partial charge < -0.3 is 20.3 Å². The second-order valence-electron chi connectivity index (χ2n) is 10.9. The fourth-order valence-corrected chi connectivity index (χ4v) is 6.75. The fraction of sp³-hybridized carbons (Fsp3) is 0.800. The van der Waals surface area contributed by atoms with Crippen molar-refractivity contribution in [3.05, 3.63) is 12.2 Å². The summed E-state index contributed by atoms with van der Waals surface area (Å²) in [6.45, 7) is 4.58. The molecule has 0 aromatic heterocycles. The molecule has 0 aromatic rings. The molecule has 32 heavy (non-hydrogen) atoms. The van der Waals surface area contributed by atoms with Gasteiger partial charge in [0.15, 0.2) is 0 Å². The Morgan fingerprint density at radius 1 is 1.03 bits per heavy atom. The number of carbonyl (C=O) groups is 3. The molecule has 1 spiro atoms. The molecular formula is C25H37N3O4. The summed E-state index contributed by atoms with van der Waals surface area (Å²) in [6.07, 6.45) is 13.1. The maximum atomic E-state index is 13.7. The molecule has 5 rings (SSSR count). The van der Waals surface area contributed by atoms with Gasteiger partial charge in [-0.15, -0.1) is 0 Å². The smallest absolute Gasteiger partial charge is 0.246 e. The van der Waals surface area contributed by atoms with Crippen LogP contribution in [-0.2, 0) is 19.1 Å². The van der Waals surface area contributed by atoms with Gasteiger partial charge in [-0.2, -0.15) is 0 Å². The van der Waals surface area contributed by atoms with Crippen LogP contribution in [-0.4, -0.2) is 59.0 Å². The Morgan fingerprint density at radius 2 is 1.62 bits per heavy atom. The zero-order chi connectivity index (χ0) is 22.5. The lowest BCUT2D eigenvalue weighted by molar-refractivity contribution is -0.142. The van der Waals surface area contributed by atoms with E-state index >= 15 is 0 Å². The van der Waals surface area contributed by atoms with Crippen LogP contribution < -0.4 is 10.6 Å². The van der Waals surface area contributed by atoms with E-state index in [0.717, 1.165) is 51.4 Å². The molecule has 176 valence electrons. The van der Waals surface area contributed by atoms with E-state index in [1.807, 2.05) is 26.0 Å². The predicted octanol–water partition coefficient (Wildman–Crippen LogP) is 2.30. The van der Waals surface area contributed by atoms with Crippen molar-refractivity contribution < 1.29 is 19.1 Å². The van der Waals surface area contributed by atoms with E-state index in [1.165, 1.54) is 6.42 Å². The van der Waals surface area contributed by atoms with E-state index in [2.05, 4.69) is 10.6 Å². The van der Waals surface area contributed by atoms with Crippen LogP contribution in [0.15, 0.2) is 12.2 Å². The summed E-state index contributed by atoms with van der Waals surface area (Å²) in [4.78, 5) is 42.3. The Morgan fingerprint density at radius 3 is 2.25 bits per heavy atom. The van der Waals surface area contributed by atoms with Crippen molar-refractivity contribution in [3.8, 4) is 0 Å². The summed E-state index contributed by atoms with van der Waals surface area (Å²) < 4.78 is 6.39. The van der Waals surface area contributed by atoms with Crippen molar-refractivity contribution >= 4 is 17.7 Å². The van der Waals surface area contributed by atoms with Crippen molar-refractivity contribution in [2.75, 3.05) is 6.54 Å². The lowest BCUT2D eigenvalue weighted by Crippen LogP contribution is -2.56. The molecule has 3 amide bonds. The van der Waals surface area contributed by atoms with Gasteiger partial charge in [0.2, 0.25) is 17.7 Å². The normalized spacial score (nSPS) is 36.8. The Labute approximate surface area is 190 Å². The first-order valence-electron chi connectivity index (χ1n) is 12.7. The van der Waals surface area contributed by atoms with Crippen LogP contribution in [0.1, 0.15) is 71.6 Å². The predicted molar refractivity (Wildman–Crippen MR) is 119 cm³/mol. The molecule has 0 aromatic carbocycles. The topological polar surface area (TPSA) is 87.7 Å². The van der Waals surface area contributed by atoms with Gasteiger partial charge in [0.05, 0.1) is 17.9 Å². The lowest BCUT2D eigenvalue weighted by atomic mass is 9.74. The molecule has 7 nitrogen and oxygen atoms in total. The van der Waals surface area contributed by atoms with Gasteiger partial charge in [0.25, 0.3) is 0 Å². The Kier molecular flexibility index (Phi) is 5.81.